The molecule has 1 rings (SSSR count). The van der Waals surface area contributed by atoms with Crippen LogP contribution in [-0.2, 0) is 9.53 Å². The lowest BCUT2D eigenvalue weighted by atomic mass is 10.2. The van der Waals surface area contributed by atoms with Crippen LogP contribution in [0.1, 0.15) is 17.3 Å². The summed E-state index contributed by atoms with van der Waals surface area (Å²) in [6.07, 6.45) is 0. The maximum absolute atomic E-state index is 11.6. The van der Waals surface area contributed by atoms with E-state index in [1.165, 1.54) is 25.3 Å². The lowest BCUT2D eigenvalue weighted by Crippen LogP contribution is -2.38. The van der Waals surface area contributed by atoms with E-state index >= 15 is 0 Å². The zero-order valence-corrected chi connectivity index (χ0v) is 11.4. The van der Waals surface area contributed by atoms with Crippen molar-refractivity contribution in [3.05, 3.63) is 23.8 Å². The summed E-state index contributed by atoms with van der Waals surface area (Å²) in [5, 5.41) is 11.6. The highest BCUT2D eigenvalue weighted by Gasteiger charge is 2.14. The molecule has 0 radical (unpaired) electrons. The highest BCUT2D eigenvalue weighted by molar-refractivity contribution is 5.91. The zero-order valence-electron chi connectivity index (χ0n) is 11.4. The molecule has 0 aliphatic rings. The molecule has 4 N–H and O–H groups in total. The van der Waals surface area contributed by atoms with Crippen LogP contribution in [0.25, 0.3) is 0 Å². The number of carbonyl (C=O) groups excluding carboxylic acids is 1. The second kappa shape index (κ2) is 7.34. The van der Waals surface area contributed by atoms with Crippen LogP contribution in [0, 0.1) is 0 Å². The number of nitrogens with one attached hydrogen (secondary N) is 1. The number of carboxylic acids is 1. The minimum atomic E-state index is -1.15. The molecular formula is C13H18N2O5. The van der Waals surface area contributed by atoms with Crippen LogP contribution in [0.3, 0.4) is 0 Å². The molecule has 0 aliphatic carbocycles. The van der Waals surface area contributed by atoms with Crippen molar-refractivity contribution in [2.45, 2.75) is 13.0 Å². The van der Waals surface area contributed by atoms with E-state index in [0.29, 0.717) is 12.3 Å². The number of carbonyl (C=O) groups is 2. The molecule has 1 aromatic carbocycles. The third kappa shape index (κ3) is 4.77. The van der Waals surface area contributed by atoms with Gasteiger partial charge in [0, 0.05) is 24.9 Å². The van der Waals surface area contributed by atoms with Gasteiger partial charge in [0.25, 0.3) is 5.91 Å². The normalized spacial score (nSPS) is 11.7. The topological polar surface area (TPSA) is 111 Å². The Labute approximate surface area is 116 Å². The van der Waals surface area contributed by atoms with Crippen LogP contribution < -0.4 is 15.8 Å². The number of hydrogen-bond acceptors (Lipinski definition) is 5. The summed E-state index contributed by atoms with van der Waals surface area (Å²) in [6.45, 7) is 1.87. The van der Waals surface area contributed by atoms with E-state index in [9.17, 15) is 9.59 Å². The second-order valence-corrected chi connectivity index (χ2v) is 4.27. The SMILES string of the molecule is COCC(C)NC(=O)COc1cc(N)ccc1C(=O)O. The van der Waals surface area contributed by atoms with Gasteiger partial charge in [-0.05, 0) is 19.1 Å². The molecule has 0 saturated heterocycles. The monoisotopic (exact) mass is 282 g/mol. The predicted molar refractivity (Wildman–Crippen MR) is 72.8 cm³/mol. The number of methoxy groups -OCH3 is 1. The van der Waals surface area contributed by atoms with Gasteiger partial charge in [-0.25, -0.2) is 4.79 Å². The van der Waals surface area contributed by atoms with Gasteiger partial charge in [0.15, 0.2) is 6.61 Å². The largest absolute Gasteiger partial charge is 0.483 e. The number of anilines is 1. The number of benzene rings is 1. The van der Waals surface area contributed by atoms with E-state index < -0.39 is 5.97 Å². The van der Waals surface area contributed by atoms with Crippen molar-refractivity contribution in [3.8, 4) is 5.75 Å². The maximum atomic E-state index is 11.6. The highest BCUT2D eigenvalue weighted by Crippen LogP contribution is 2.21. The summed E-state index contributed by atoms with van der Waals surface area (Å²) in [7, 11) is 1.53. The van der Waals surface area contributed by atoms with E-state index in [1.807, 2.05) is 0 Å². The summed E-state index contributed by atoms with van der Waals surface area (Å²) >= 11 is 0. The van der Waals surface area contributed by atoms with Crippen molar-refractivity contribution >= 4 is 17.6 Å². The molecule has 0 saturated carbocycles. The molecule has 20 heavy (non-hydrogen) atoms. The number of amides is 1. The van der Waals surface area contributed by atoms with Gasteiger partial charge < -0.3 is 25.6 Å². The van der Waals surface area contributed by atoms with Crippen LogP contribution in [0.15, 0.2) is 18.2 Å². The molecule has 7 heteroatoms. The van der Waals surface area contributed by atoms with Crippen molar-refractivity contribution in [1.82, 2.24) is 5.32 Å². The first-order valence-electron chi connectivity index (χ1n) is 5.98. The molecular weight excluding hydrogens is 264 g/mol. The summed E-state index contributed by atoms with van der Waals surface area (Å²) in [6, 6.07) is 4.00. The van der Waals surface area contributed by atoms with E-state index in [1.54, 1.807) is 6.92 Å². The van der Waals surface area contributed by atoms with Crippen LogP contribution in [0.2, 0.25) is 0 Å². The van der Waals surface area contributed by atoms with E-state index in [4.69, 9.17) is 20.3 Å². The van der Waals surface area contributed by atoms with Gasteiger partial charge in [-0.1, -0.05) is 0 Å². The summed E-state index contributed by atoms with van der Waals surface area (Å²) in [4.78, 5) is 22.6. The maximum Gasteiger partial charge on any atom is 0.339 e. The summed E-state index contributed by atoms with van der Waals surface area (Å²) in [5.41, 5.74) is 5.88. The number of aromatic carboxylic acids is 1. The fourth-order valence-electron chi connectivity index (χ4n) is 1.59. The fraction of sp³-hybridized carbons (Fsp3) is 0.385. The Kier molecular flexibility index (Phi) is 5.79. The number of nitrogens with two attached hydrogens (primary N) is 1. The number of carboxylic acid groups (broad SMARTS) is 1. The van der Waals surface area contributed by atoms with Crippen molar-refractivity contribution in [1.29, 1.82) is 0 Å². The van der Waals surface area contributed by atoms with Gasteiger partial charge >= 0.3 is 5.97 Å². The molecule has 1 amide bonds. The van der Waals surface area contributed by atoms with Crippen LogP contribution in [0.5, 0.6) is 5.75 Å². The smallest absolute Gasteiger partial charge is 0.339 e. The zero-order chi connectivity index (χ0) is 15.1. The average Bonchev–Trinajstić information content (AvgIpc) is 2.36. The van der Waals surface area contributed by atoms with Gasteiger partial charge in [0.05, 0.1) is 6.61 Å². The number of ether oxygens (including phenoxy) is 2. The summed E-state index contributed by atoms with van der Waals surface area (Å²) in [5.74, 6) is -1.45. The first kappa shape index (κ1) is 15.8. The van der Waals surface area contributed by atoms with Crippen molar-refractivity contribution in [2.24, 2.45) is 0 Å². The number of rotatable bonds is 7. The molecule has 0 fully saturated rings. The average molecular weight is 282 g/mol. The third-order valence-corrected chi connectivity index (χ3v) is 2.42. The van der Waals surface area contributed by atoms with E-state index in [2.05, 4.69) is 5.32 Å². The number of hydrogen-bond donors (Lipinski definition) is 3. The van der Waals surface area contributed by atoms with Gasteiger partial charge in [0.2, 0.25) is 0 Å². The van der Waals surface area contributed by atoms with E-state index in [0.717, 1.165) is 0 Å². The lowest BCUT2D eigenvalue weighted by Gasteiger charge is -2.14. The van der Waals surface area contributed by atoms with Gasteiger partial charge in [-0.2, -0.15) is 0 Å². The van der Waals surface area contributed by atoms with Crippen molar-refractivity contribution in [3.63, 3.8) is 0 Å². The van der Waals surface area contributed by atoms with Crippen LogP contribution >= 0.6 is 0 Å². The molecule has 0 bridgehead atoms. The summed E-state index contributed by atoms with van der Waals surface area (Å²) < 4.78 is 10.1. The fourth-order valence-corrected chi connectivity index (χ4v) is 1.59. The second-order valence-electron chi connectivity index (χ2n) is 4.27. The van der Waals surface area contributed by atoms with Gasteiger partial charge in [0.1, 0.15) is 11.3 Å². The third-order valence-electron chi connectivity index (χ3n) is 2.42. The first-order chi connectivity index (χ1) is 9.43. The van der Waals surface area contributed by atoms with Crippen LogP contribution in [0.4, 0.5) is 5.69 Å². The van der Waals surface area contributed by atoms with Crippen molar-refractivity contribution in [2.75, 3.05) is 26.1 Å². The molecule has 0 heterocycles. The molecule has 110 valence electrons. The molecule has 1 atom stereocenters. The van der Waals surface area contributed by atoms with Crippen molar-refractivity contribution < 1.29 is 24.2 Å². The molecule has 0 spiro atoms. The Bertz CT molecular complexity index is 490. The van der Waals surface area contributed by atoms with Gasteiger partial charge in [-0.15, -0.1) is 0 Å². The standard InChI is InChI=1S/C13H18N2O5/c1-8(6-19-2)15-12(16)7-20-11-5-9(14)3-4-10(11)13(17)18/h3-5,8H,6-7,14H2,1-2H3,(H,15,16)(H,17,18). The lowest BCUT2D eigenvalue weighted by molar-refractivity contribution is -0.124. The number of nitrogen functional groups attached to an aromatic ring is 1. The van der Waals surface area contributed by atoms with Gasteiger partial charge in [-0.3, -0.25) is 4.79 Å². The quantitative estimate of drug-likeness (QED) is 0.628. The minimum Gasteiger partial charge on any atom is -0.483 e. The Balaban J connectivity index is 2.63. The Morgan fingerprint density at radius 2 is 2.15 bits per heavy atom. The molecule has 1 unspecified atom stereocenters. The Morgan fingerprint density at radius 3 is 2.75 bits per heavy atom. The molecule has 0 aromatic heterocycles. The predicted octanol–water partition coefficient (Wildman–Crippen LogP) is 0.497. The van der Waals surface area contributed by atoms with E-state index in [-0.39, 0.29) is 29.9 Å². The minimum absolute atomic E-state index is 0.0445. The molecule has 1 aromatic rings. The van der Waals surface area contributed by atoms with Crippen LogP contribution in [-0.4, -0.2) is 43.3 Å². The first-order valence-corrected chi connectivity index (χ1v) is 5.98. The Morgan fingerprint density at radius 1 is 1.45 bits per heavy atom. The molecule has 7 nitrogen and oxygen atoms in total. The molecule has 0 aliphatic heterocycles. The Hall–Kier alpha value is -2.28. The highest BCUT2D eigenvalue weighted by atomic mass is 16.5.